The molecular weight excluding hydrogens is 256 g/mol. The molecule has 0 unspecified atom stereocenters. The maximum atomic E-state index is 9.51. The molecule has 0 amide bonds. The predicted molar refractivity (Wildman–Crippen MR) is 73.5 cm³/mol. The lowest BCUT2D eigenvalue weighted by Gasteiger charge is -2.13. The first-order valence-electron chi connectivity index (χ1n) is 6.94. The van der Waals surface area contributed by atoms with Crippen LogP contribution in [-0.2, 0) is 6.61 Å². The monoisotopic (exact) mass is 274 g/mol. The van der Waals surface area contributed by atoms with E-state index in [1.807, 2.05) is 19.1 Å². The number of ether oxygens (including phenoxy) is 1. The first-order valence-corrected chi connectivity index (χ1v) is 6.94. The van der Waals surface area contributed by atoms with E-state index >= 15 is 0 Å². The zero-order valence-corrected chi connectivity index (χ0v) is 11.7. The molecule has 0 spiro atoms. The lowest BCUT2D eigenvalue weighted by Crippen LogP contribution is -2.00. The number of aromatic nitrogens is 2. The summed E-state index contributed by atoms with van der Waals surface area (Å²) in [5.41, 5.74) is 2.91. The minimum atomic E-state index is -0.0296. The first kappa shape index (κ1) is 13.1. The summed E-state index contributed by atoms with van der Waals surface area (Å²) in [6.07, 6.45) is 2.33. The van der Waals surface area contributed by atoms with E-state index in [4.69, 9.17) is 9.26 Å². The molecule has 1 aromatic heterocycles. The van der Waals surface area contributed by atoms with E-state index in [1.165, 1.54) is 18.4 Å². The predicted octanol–water partition coefficient (Wildman–Crippen LogP) is 2.81. The molecule has 0 saturated heterocycles. The minimum absolute atomic E-state index is 0.0296. The Hall–Kier alpha value is -1.88. The van der Waals surface area contributed by atoms with Crippen LogP contribution in [-0.4, -0.2) is 21.9 Å². The van der Waals surface area contributed by atoms with Crippen LogP contribution in [0.3, 0.4) is 0 Å². The van der Waals surface area contributed by atoms with Crippen molar-refractivity contribution in [2.45, 2.75) is 39.2 Å². The second-order valence-corrected chi connectivity index (χ2v) is 5.06. The Morgan fingerprint density at radius 1 is 1.40 bits per heavy atom. The van der Waals surface area contributed by atoms with Crippen LogP contribution in [0.5, 0.6) is 5.75 Å². The van der Waals surface area contributed by atoms with Crippen molar-refractivity contribution in [3.05, 3.63) is 29.1 Å². The number of hydrogen-bond donors (Lipinski definition) is 1. The number of aryl methyl sites for hydroxylation is 1. The molecule has 1 aliphatic rings. The molecule has 1 fully saturated rings. The molecule has 3 rings (SSSR count). The largest absolute Gasteiger partial charge is 0.493 e. The molecule has 0 radical (unpaired) electrons. The molecule has 1 aromatic carbocycles. The molecule has 2 aromatic rings. The van der Waals surface area contributed by atoms with Gasteiger partial charge in [0.15, 0.2) is 5.82 Å². The van der Waals surface area contributed by atoms with Crippen molar-refractivity contribution < 1.29 is 14.4 Å². The van der Waals surface area contributed by atoms with Crippen LogP contribution in [0.25, 0.3) is 11.5 Å². The summed E-state index contributed by atoms with van der Waals surface area (Å²) in [4.78, 5) is 4.31. The lowest BCUT2D eigenvalue weighted by molar-refractivity contribution is 0.267. The van der Waals surface area contributed by atoms with Gasteiger partial charge >= 0.3 is 0 Å². The van der Waals surface area contributed by atoms with Crippen LogP contribution < -0.4 is 4.74 Å². The molecule has 1 saturated carbocycles. The quantitative estimate of drug-likeness (QED) is 0.908. The summed E-state index contributed by atoms with van der Waals surface area (Å²) in [5, 5.41) is 13.4. The Labute approximate surface area is 117 Å². The second-order valence-electron chi connectivity index (χ2n) is 5.06. The van der Waals surface area contributed by atoms with Crippen molar-refractivity contribution in [3.8, 4) is 17.2 Å². The van der Waals surface area contributed by atoms with Crippen molar-refractivity contribution in [1.29, 1.82) is 0 Å². The summed E-state index contributed by atoms with van der Waals surface area (Å²) < 4.78 is 10.9. The topological polar surface area (TPSA) is 68.4 Å². The highest BCUT2D eigenvalue weighted by atomic mass is 16.5. The molecule has 5 nitrogen and oxygen atoms in total. The number of aliphatic hydroxyl groups is 1. The van der Waals surface area contributed by atoms with Crippen molar-refractivity contribution >= 4 is 0 Å². The highest BCUT2D eigenvalue weighted by Crippen LogP contribution is 2.46. The molecule has 20 heavy (non-hydrogen) atoms. The molecule has 0 bridgehead atoms. The maximum Gasteiger partial charge on any atom is 0.258 e. The van der Waals surface area contributed by atoms with E-state index in [9.17, 15) is 5.11 Å². The highest BCUT2D eigenvalue weighted by Gasteiger charge is 2.29. The van der Waals surface area contributed by atoms with E-state index in [2.05, 4.69) is 10.1 Å². The molecule has 5 heteroatoms. The number of nitrogens with zero attached hydrogens (tertiary/aromatic N) is 2. The Morgan fingerprint density at radius 3 is 2.75 bits per heavy atom. The van der Waals surface area contributed by atoms with Crippen molar-refractivity contribution in [3.63, 3.8) is 0 Å². The lowest BCUT2D eigenvalue weighted by atomic mass is 9.99. The Bertz CT molecular complexity index is 618. The highest BCUT2D eigenvalue weighted by molar-refractivity contribution is 5.65. The van der Waals surface area contributed by atoms with Gasteiger partial charge in [-0.3, -0.25) is 0 Å². The molecule has 106 valence electrons. The van der Waals surface area contributed by atoms with Gasteiger partial charge in [0.2, 0.25) is 0 Å². The minimum Gasteiger partial charge on any atom is -0.493 e. The van der Waals surface area contributed by atoms with E-state index < -0.39 is 0 Å². The van der Waals surface area contributed by atoms with Crippen LogP contribution in [0, 0.1) is 6.92 Å². The van der Waals surface area contributed by atoms with Crippen LogP contribution >= 0.6 is 0 Å². The number of benzene rings is 1. The molecule has 1 N–H and O–H groups in total. The standard InChI is InChI=1S/C15H18N2O3/c1-3-19-14-7-13(15-16-9(2)17-20-15)12(10-4-5-10)6-11(14)8-18/h6-7,10,18H,3-5,8H2,1-2H3. The third kappa shape index (κ3) is 2.41. The van der Waals surface area contributed by atoms with Gasteiger partial charge in [0, 0.05) is 11.1 Å². The maximum absolute atomic E-state index is 9.51. The summed E-state index contributed by atoms with van der Waals surface area (Å²) in [7, 11) is 0. The summed E-state index contributed by atoms with van der Waals surface area (Å²) in [5.74, 6) is 2.35. The van der Waals surface area contributed by atoms with E-state index in [0.29, 0.717) is 30.0 Å². The van der Waals surface area contributed by atoms with Gasteiger partial charge in [-0.25, -0.2) is 0 Å². The SMILES string of the molecule is CCOc1cc(-c2nc(C)no2)c(C2CC2)cc1CO. The first-order chi connectivity index (χ1) is 9.72. The molecule has 0 atom stereocenters. The van der Waals surface area contributed by atoms with Gasteiger partial charge in [-0.15, -0.1) is 0 Å². The van der Waals surface area contributed by atoms with Gasteiger partial charge < -0.3 is 14.4 Å². The smallest absolute Gasteiger partial charge is 0.258 e. The average molecular weight is 274 g/mol. The summed E-state index contributed by atoms with van der Waals surface area (Å²) in [6.45, 7) is 4.25. The fourth-order valence-corrected chi connectivity index (χ4v) is 2.38. The molecule has 1 heterocycles. The van der Waals surface area contributed by atoms with Crippen LogP contribution in [0.4, 0.5) is 0 Å². The van der Waals surface area contributed by atoms with Crippen molar-refractivity contribution in [2.75, 3.05) is 6.61 Å². The van der Waals surface area contributed by atoms with E-state index in [-0.39, 0.29) is 6.61 Å². The fourth-order valence-electron chi connectivity index (χ4n) is 2.38. The second kappa shape index (κ2) is 5.25. The van der Waals surface area contributed by atoms with Gasteiger partial charge in [0.1, 0.15) is 5.75 Å². The molecule has 0 aliphatic heterocycles. The van der Waals surface area contributed by atoms with Crippen LogP contribution in [0.15, 0.2) is 16.7 Å². The van der Waals surface area contributed by atoms with Gasteiger partial charge in [0.25, 0.3) is 5.89 Å². The number of hydrogen-bond acceptors (Lipinski definition) is 5. The zero-order valence-electron chi connectivity index (χ0n) is 11.7. The van der Waals surface area contributed by atoms with Gasteiger partial charge in [-0.2, -0.15) is 4.98 Å². The Kier molecular flexibility index (Phi) is 3.44. The Balaban J connectivity index is 2.12. The third-order valence-corrected chi connectivity index (χ3v) is 3.48. The molecular formula is C15H18N2O3. The van der Waals surface area contributed by atoms with Crippen molar-refractivity contribution in [1.82, 2.24) is 10.1 Å². The van der Waals surface area contributed by atoms with Gasteiger partial charge in [-0.1, -0.05) is 5.16 Å². The zero-order chi connectivity index (χ0) is 14.1. The number of rotatable bonds is 5. The van der Waals surface area contributed by atoms with Gasteiger partial charge in [-0.05, 0) is 50.3 Å². The van der Waals surface area contributed by atoms with Crippen LogP contribution in [0.1, 0.15) is 42.6 Å². The summed E-state index contributed by atoms with van der Waals surface area (Å²) >= 11 is 0. The molecule has 1 aliphatic carbocycles. The van der Waals surface area contributed by atoms with Crippen LogP contribution in [0.2, 0.25) is 0 Å². The fraction of sp³-hybridized carbons (Fsp3) is 0.467. The van der Waals surface area contributed by atoms with E-state index in [0.717, 1.165) is 11.1 Å². The normalized spacial score (nSPS) is 14.6. The number of aliphatic hydroxyl groups excluding tert-OH is 1. The summed E-state index contributed by atoms with van der Waals surface area (Å²) in [6, 6.07) is 3.92. The van der Waals surface area contributed by atoms with Gasteiger partial charge in [0.05, 0.1) is 13.2 Å². The average Bonchev–Trinajstić information content (AvgIpc) is 3.20. The third-order valence-electron chi connectivity index (χ3n) is 3.48. The van der Waals surface area contributed by atoms with Crippen molar-refractivity contribution in [2.24, 2.45) is 0 Å². The Morgan fingerprint density at radius 2 is 2.20 bits per heavy atom. The van der Waals surface area contributed by atoms with E-state index in [1.54, 1.807) is 6.92 Å².